The van der Waals surface area contributed by atoms with Gasteiger partial charge >= 0.3 is 0 Å². The molecule has 280 valence electrons. The molecule has 11 N–H and O–H groups in total. The van der Waals surface area contributed by atoms with Crippen LogP contribution in [0.4, 0.5) is 0 Å². The summed E-state index contributed by atoms with van der Waals surface area (Å²) in [4.78, 5) is 23.8. The van der Waals surface area contributed by atoms with Gasteiger partial charge in [-0.15, -0.1) is 0 Å². The fourth-order valence-electron chi connectivity index (χ4n) is 5.56. The lowest BCUT2D eigenvalue weighted by Crippen LogP contribution is -2.65. The summed E-state index contributed by atoms with van der Waals surface area (Å²) >= 11 is 0. The van der Waals surface area contributed by atoms with Gasteiger partial charge in [0.1, 0.15) is 79.0 Å². The number of nitrogens with one attached hydrogen (secondary N) is 1. The number of hydrogen-bond donors (Lipinski definition) is 11. The van der Waals surface area contributed by atoms with E-state index in [2.05, 4.69) is 5.32 Å². The van der Waals surface area contributed by atoms with Crippen molar-refractivity contribution in [3.8, 4) is 0 Å². The zero-order chi connectivity index (χ0) is 35.5. The van der Waals surface area contributed by atoms with Gasteiger partial charge in [-0.3, -0.25) is 9.59 Å². The van der Waals surface area contributed by atoms with E-state index in [0.717, 1.165) is 0 Å². The number of rotatable bonds is 18. The summed E-state index contributed by atoms with van der Waals surface area (Å²) in [7, 11) is 0. The molecule has 3 fully saturated rings. The minimum absolute atomic E-state index is 0.0651. The molecule has 19 nitrogen and oxygen atoms in total. The Morgan fingerprint density at radius 3 is 1.73 bits per heavy atom. The van der Waals surface area contributed by atoms with Crippen LogP contribution in [0.2, 0.25) is 0 Å². The van der Waals surface area contributed by atoms with Gasteiger partial charge in [-0.2, -0.15) is 0 Å². The second-order valence-corrected chi connectivity index (χ2v) is 12.0. The molecule has 48 heavy (non-hydrogen) atoms. The third-order valence-electron chi connectivity index (χ3n) is 8.42. The maximum atomic E-state index is 12.3. The monoisotopic (exact) mass is 701 g/mol. The van der Waals surface area contributed by atoms with Gasteiger partial charge in [0, 0.05) is 25.8 Å². The van der Waals surface area contributed by atoms with Crippen LogP contribution in [0.25, 0.3) is 0 Å². The Balaban J connectivity index is 1.63. The molecule has 0 radical (unpaired) electrons. The summed E-state index contributed by atoms with van der Waals surface area (Å²) in [6.45, 7) is 0.160. The van der Waals surface area contributed by atoms with Crippen molar-refractivity contribution in [2.24, 2.45) is 0 Å². The first-order valence-electron chi connectivity index (χ1n) is 16.1. The number of ketones is 1. The van der Waals surface area contributed by atoms with Crippen molar-refractivity contribution < 1.29 is 89.1 Å². The Hall–Kier alpha value is -1.50. The molecule has 19 heteroatoms. The zero-order valence-electron chi connectivity index (χ0n) is 26.7. The minimum Gasteiger partial charge on any atom is -0.394 e. The van der Waals surface area contributed by atoms with Gasteiger partial charge < -0.3 is 84.8 Å². The normalized spacial score (nSPS) is 40.4. The van der Waals surface area contributed by atoms with Crippen molar-refractivity contribution in [3.63, 3.8) is 0 Å². The van der Waals surface area contributed by atoms with Crippen LogP contribution in [0.3, 0.4) is 0 Å². The highest BCUT2D eigenvalue weighted by Crippen LogP contribution is 2.31. The molecule has 0 spiro atoms. The van der Waals surface area contributed by atoms with Crippen LogP contribution in [0.5, 0.6) is 0 Å². The summed E-state index contributed by atoms with van der Waals surface area (Å²) < 4.78 is 33.2. The number of amides is 1. The number of aliphatic hydroxyl groups excluding tert-OH is 10. The van der Waals surface area contributed by atoms with Crippen molar-refractivity contribution >= 4 is 11.7 Å². The van der Waals surface area contributed by atoms with Crippen LogP contribution >= 0.6 is 0 Å². The summed E-state index contributed by atoms with van der Waals surface area (Å²) in [6.07, 6.45) is -22.7. The highest BCUT2D eigenvalue weighted by atomic mass is 16.7. The molecule has 0 aliphatic carbocycles. The van der Waals surface area contributed by atoms with Crippen LogP contribution in [0.15, 0.2) is 0 Å². The average Bonchev–Trinajstić information content (AvgIpc) is 3.07. The van der Waals surface area contributed by atoms with Gasteiger partial charge in [-0.25, -0.2) is 0 Å². The molecule has 3 aliphatic rings. The van der Waals surface area contributed by atoms with E-state index in [0.29, 0.717) is 25.8 Å². The summed E-state index contributed by atoms with van der Waals surface area (Å²) in [5, 5.41) is 105. The van der Waals surface area contributed by atoms with Crippen molar-refractivity contribution in [3.05, 3.63) is 0 Å². The maximum Gasteiger partial charge on any atom is 0.219 e. The zero-order valence-corrected chi connectivity index (χ0v) is 26.7. The third kappa shape index (κ3) is 10.8. The van der Waals surface area contributed by atoms with E-state index < -0.39 is 112 Å². The number of unbranched alkanes of at least 4 members (excludes halogenated alkanes) is 1. The number of ether oxygens (including phenoxy) is 6. The SMILES string of the molecule is CCNC(=O)CCCCC(=O)CCCO[C@H]1O[C@H](CO[C@H]2O[C@H](CO)[C@@H](O)[C@H](O)[C@@H]2O)[C@@H](O)[C@H](O[C@H]2O[C@H](CO)[C@@H](O)[C@H](O)[C@@H]2O)[C@@H]1O. The van der Waals surface area contributed by atoms with Crippen LogP contribution in [-0.2, 0) is 38.0 Å². The van der Waals surface area contributed by atoms with E-state index in [1.54, 1.807) is 0 Å². The average molecular weight is 702 g/mol. The Bertz CT molecular complexity index is 974. The first-order valence-corrected chi connectivity index (χ1v) is 16.1. The van der Waals surface area contributed by atoms with Crippen LogP contribution in [0.1, 0.15) is 45.4 Å². The van der Waals surface area contributed by atoms with Gasteiger partial charge in [-0.05, 0) is 26.2 Å². The van der Waals surface area contributed by atoms with Gasteiger partial charge in [0.05, 0.1) is 26.4 Å². The highest BCUT2D eigenvalue weighted by Gasteiger charge is 2.52. The molecule has 3 rings (SSSR count). The number of hydrogen-bond acceptors (Lipinski definition) is 18. The molecule has 0 unspecified atom stereocenters. The number of carbonyl (C=O) groups excluding carboxylic acids is 2. The first-order chi connectivity index (χ1) is 22.8. The van der Waals surface area contributed by atoms with Gasteiger partial charge in [0.2, 0.25) is 5.91 Å². The number of Topliss-reactive ketones (excluding diaryl/α,β-unsaturated/α-hetero) is 1. The third-order valence-corrected chi connectivity index (χ3v) is 8.42. The Kier molecular flexibility index (Phi) is 16.9. The fraction of sp³-hybridized carbons (Fsp3) is 0.931. The summed E-state index contributed by atoms with van der Waals surface area (Å²) in [5.74, 6) is -0.148. The molecule has 1 amide bonds. The lowest BCUT2D eigenvalue weighted by molar-refractivity contribution is -0.366. The van der Waals surface area contributed by atoms with Crippen molar-refractivity contribution in [1.29, 1.82) is 0 Å². The Morgan fingerprint density at radius 1 is 0.604 bits per heavy atom. The maximum absolute atomic E-state index is 12.3. The van der Waals surface area contributed by atoms with Crippen LogP contribution in [0, 0.1) is 0 Å². The second-order valence-electron chi connectivity index (χ2n) is 12.0. The van der Waals surface area contributed by atoms with Crippen molar-refractivity contribution in [2.75, 3.05) is 33.0 Å². The van der Waals surface area contributed by atoms with Gasteiger partial charge in [0.25, 0.3) is 0 Å². The van der Waals surface area contributed by atoms with E-state index in [9.17, 15) is 60.7 Å². The topological polar surface area (TPSA) is 304 Å². The first kappa shape index (κ1) is 40.9. The van der Waals surface area contributed by atoms with Crippen LogP contribution in [-0.4, -0.2) is 188 Å². The van der Waals surface area contributed by atoms with E-state index in [1.165, 1.54) is 0 Å². The standard InChI is InChI=1S/C29H51NO18/c1-2-30-17(34)8-4-3-6-13(33)7-5-9-43-28-25(42)26(48-29-24(41)22(39)19(36)15(11-32)46-29)20(37)16(47-28)12-44-27-23(40)21(38)18(35)14(10-31)45-27/h14-16,18-29,31-32,35-42H,2-12H2,1H3,(H,30,34)/t14-,15-,16-,18-,19-,20-,21+,22+,23+,24+,25+,26+,27+,28+,29-/m1/s1. The molecule has 0 aromatic carbocycles. The quantitative estimate of drug-likeness (QED) is 0.0594. The molecule has 3 saturated heterocycles. The lowest BCUT2D eigenvalue weighted by Gasteiger charge is -2.46. The largest absolute Gasteiger partial charge is 0.394 e. The Labute approximate surface area is 276 Å². The molecular weight excluding hydrogens is 650 g/mol. The van der Waals surface area contributed by atoms with Gasteiger partial charge in [0.15, 0.2) is 18.9 Å². The summed E-state index contributed by atoms with van der Waals surface area (Å²) in [6, 6.07) is 0. The smallest absolute Gasteiger partial charge is 0.219 e. The predicted molar refractivity (Wildman–Crippen MR) is 156 cm³/mol. The summed E-state index contributed by atoms with van der Waals surface area (Å²) in [5.41, 5.74) is 0. The molecule has 0 saturated carbocycles. The fourth-order valence-corrected chi connectivity index (χ4v) is 5.56. The van der Waals surface area contributed by atoms with E-state index in [1.807, 2.05) is 6.92 Å². The van der Waals surface area contributed by atoms with Crippen LogP contribution < -0.4 is 5.32 Å². The molecule has 3 heterocycles. The molecule has 0 bridgehead atoms. The van der Waals surface area contributed by atoms with Crippen molar-refractivity contribution in [2.45, 2.75) is 138 Å². The predicted octanol–water partition coefficient (Wildman–Crippen LogP) is -5.50. The molecule has 15 atom stereocenters. The minimum atomic E-state index is -1.87. The second kappa shape index (κ2) is 19.8. The Morgan fingerprint density at radius 2 is 1.12 bits per heavy atom. The molecule has 3 aliphatic heterocycles. The highest BCUT2D eigenvalue weighted by molar-refractivity contribution is 5.78. The van der Waals surface area contributed by atoms with E-state index in [-0.39, 0.29) is 37.6 Å². The van der Waals surface area contributed by atoms with Crippen molar-refractivity contribution in [1.82, 2.24) is 5.32 Å². The van der Waals surface area contributed by atoms with E-state index >= 15 is 0 Å². The number of carbonyl (C=O) groups is 2. The molecular formula is C29H51NO18. The van der Waals surface area contributed by atoms with Gasteiger partial charge in [-0.1, -0.05) is 0 Å². The molecule has 0 aromatic rings. The van der Waals surface area contributed by atoms with E-state index in [4.69, 9.17) is 28.4 Å². The number of aliphatic hydroxyl groups is 10. The lowest BCUT2D eigenvalue weighted by atomic mass is 9.96. The molecule has 0 aromatic heterocycles.